The first kappa shape index (κ1) is 18.3. The molecule has 3 aromatic rings. The van der Waals surface area contributed by atoms with Crippen LogP contribution in [0, 0.1) is 6.92 Å². The first-order valence-corrected chi connectivity index (χ1v) is 8.60. The summed E-state index contributed by atoms with van der Waals surface area (Å²) in [5.41, 5.74) is 0.779. The number of hydrogen-bond donors (Lipinski definition) is 2. The van der Waals surface area contributed by atoms with Gasteiger partial charge in [0.15, 0.2) is 0 Å². The van der Waals surface area contributed by atoms with Crippen LogP contribution >= 0.6 is 0 Å². The van der Waals surface area contributed by atoms with E-state index >= 15 is 0 Å². The summed E-state index contributed by atoms with van der Waals surface area (Å²) in [4.78, 5) is 40.4. The summed E-state index contributed by atoms with van der Waals surface area (Å²) in [6.07, 6.45) is 3.34. The zero-order valence-electron chi connectivity index (χ0n) is 14.9. The molecule has 1 aromatic carbocycles. The van der Waals surface area contributed by atoms with E-state index in [-0.39, 0.29) is 36.9 Å². The van der Waals surface area contributed by atoms with Crippen LogP contribution in [-0.4, -0.2) is 27.9 Å². The lowest BCUT2D eigenvalue weighted by Gasteiger charge is -2.09. The Bertz CT molecular complexity index is 1040. The molecule has 7 heteroatoms. The van der Waals surface area contributed by atoms with Crippen LogP contribution in [0.15, 0.2) is 59.7 Å². The van der Waals surface area contributed by atoms with Crippen molar-refractivity contribution < 1.29 is 9.59 Å². The van der Waals surface area contributed by atoms with E-state index in [2.05, 4.69) is 15.6 Å². The number of aromatic nitrogens is 2. The molecule has 2 heterocycles. The van der Waals surface area contributed by atoms with Crippen LogP contribution in [0.1, 0.15) is 12.0 Å². The summed E-state index contributed by atoms with van der Waals surface area (Å²) in [6.45, 7) is 2.00. The van der Waals surface area contributed by atoms with Gasteiger partial charge in [0.2, 0.25) is 11.8 Å². The maximum absolute atomic E-state index is 12.4. The van der Waals surface area contributed by atoms with Gasteiger partial charge in [-0.3, -0.25) is 14.4 Å². The van der Waals surface area contributed by atoms with Gasteiger partial charge in [-0.2, -0.15) is 0 Å². The van der Waals surface area contributed by atoms with Gasteiger partial charge in [-0.25, -0.2) is 4.98 Å². The topological polar surface area (TPSA) is 93.1 Å². The Balaban J connectivity index is 1.51. The van der Waals surface area contributed by atoms with E-state index in [1.54, 1.807) is 36.7 Å². The molecular formula is C20H20N4O3. The Hall–Kier alpha value is -3.48. The third-order valence-electron chi connectivity index (χ3n) is 4.06. The van der Waals surface area contributed by atoms with Gasteiger partial charge in [-0.15, -0.1) is 0 Å². The van der Waals surface area contributed by atoms with E-state index in [1.807, 2.05) is 25.1 Å². The molecule has 0 aliphatic heterocycles. The van der Waals surface area contributed by atoms with E-state index in [9.17, 15) is 14.4 Å². The molecule has 0 saturated carbocycles. The minimum absolute atomic E-state index is 0.0925. The predicted molar refractivity (Wildman–Crippen MR) is 103 cm³/mol. The van der Waals surface area contributed by atoms with Crippen molar-refractivity contribution in [3.05, 3.63) is 70.8 Å². The van der Waals surface area contributed by atoms with Gasteiger partial charge in [-0.1, -0.05) is 18.2 Å². The minimum Gasteiger partial charge on any atom is -0.354 e. The fourth-order valence-electron chi connectivity index (χ4n) is 2.69. The summed E-state index contributed by atoms with van der Waals surface area (Å²) in [5.74, 6) is -0.0841. The van der Waals surface area contributed by atoms with Crippen molar-refractivity contribution in [2.24, 2.45) is 0 Å². The van der Waals surface area contributed by atoms with Crippen molar-refractivity contribution in [2.75, 3.05) is 11.9 Å². The van der Waals surface area contributed by atoms with Gasteiger partial charge in [0, 0.05) is 30.7 Å². The van der Waals surface area contributed by atoms with Crippen LogP contribution in [-0.2, 0) is 16.1 Å². The van der Waals surface area contributed by atoms with Crippen LogP contribution in [0.5, 0.6) is 0 Å². The van der Waals surface area contributed by atoms with Crippen molar-refractivity contribution in [1.82, 2.24) is 14.9 Å². The molecule has 0 radical (unpaired) electrons. The fourth-order valence-corrected chi connectivity index (χ4v) is 2.69. The molecule has 0 spiro atoms. The molecule has 0 aliphatic rings. The number of nitrogens with zero attached hydrogens (tertiary/aromatic N) is 2. The first-order chi connectivity index (χ1) is 13.0. The molecule has 0 saturated heterocycles. The number of nitrogens with one attached hydrogen (secondary N) is 2. The number of pyridine rings is 2. The summed E-state index contributed by atoms with van der Waals surface area (Å²) >= 11 is 0. The molecule has 0 unspecified atom stereocenters. The highest BCUT2D eigenvalue weighted by molar-refractivity contribution is 5.90. The molecule has 3 rings (SSSR count). The largest absolute Gasteiger partial charge is 0.354 e. The van der Waals surface area contributed by atoms with E-state index in [0.717, 1.165) is 10.9 Å². The highest BCUT2D eigenvalue weighted by atomic mass is 16.2. The van der Waals surface area contributed by atoms with Crippen molar-refractivity contribution >= 4 is 28.4 Å². The number of amides is 2. The monoisotopic (exact) mass is 364 g/mol. The fraction of sp³-hybridized carbons (Fsp3) is 0.200. The molecule has 2 aromatic heterocycles. The van der Waals surface area contributed by atoms with Gasteiger partial charge < -0.3 is 15.2 Å². The second-order valence-corrected chi connectivity index (χ2v) is 6.20. The van der Waals surface area contributed by atoms with Crippen molar-refractivity contribution in [3.8, 4) is 0 Å². The Morgan fingerprint density at radius 3 is 2.74 bits per heavy atom. The van der Waals surface area contributed by atoms with Crippen LogP contribution in [0.4, 0.5) is 5.82 Å². The number of carbonyl (C=O) groups is 2. The van der Waals surface area contributed by atoms with Gasteiger partial charge >= 0.3 is 0 Å². The van der Waals surface area contributed by atoms with Gasteiger partial charge in [0.25, 0.3) is 5.56 Å². The smallest absolute Gasteiger partial charge is 0.258 e. The average molecular weight is 364 g/mol. The van der Waals surface area contributed by atoms with Gasteiger partial charge in [-0.05, 0) is 42.1 Å². The molecule has 2 N–H and O–H groups in total. The summed E-state index contributed by atoms with van der Waals surface area (Å²) in [5, 5.41) is 6.73. The van der Waals surface area contributed by atoms with Crippen LogP contribution in [0.3, 0.4) is 0 Å². The molecule has 27 heavy (non-hydrogen) atoms. The molecule has 138 valence electrons. The number of fused-ring (bicyclic) bond motifs is 1. The van der Waals surface area contributed by atoms with Crippen LogP contribution in [0.25, 0.3) is 10.8 Å². The normalized spacial score (nSPS) is 10.6. The highest BCUT2D eigenvalue weighted by Crippen LogP contribution is 2.08. The van der Waals surface area contributed by atoms with E-state index in [4.69, 9.17) is 0 Å². The Kier molecular flexibility index (Phi) is 5.61. The van der Waals surface area contributed by atoms with E-state index in [0.29, 0.717) is 11.2 Å². The van der Waals surface area contributed by atoms with Gasteiger partial charge in [0.1, 0.15) is 12.4 Å². The predicted octanol–water partition coefficient (Wildman–Crippen LogP) is 1.85. The Morgan fingerprint density at radius 2 is 1.93 bits per heavy atom. The van der Waals surface area contributed by atoms with E-state index in [1.165, 1.54) is 4.57 Å². The zero-order valence-corrected chi connectivity index (χ0v) is 14.9. The minimum atomic E-state index is -0.325. The van der Waals surface area contributed by atoms with Gasteiger partial charge in [0.05, 0.1) is 0 Å². The summed E-state index contributed by atoms with van der Waals surface area (Å²) in [6, 6.07) is 12.6. The maximum atomic E-state index is 12.4. The van der Waals surface area contributed by atoms with E-state index < -0.39 is 0 Å². The summed E-state index contributed by atoms with van der Waals surface area (Å²) in [7, 11) is 0. The molecule has 0 fully saturated rings. The third-order valence-corrected chi connectivity index (χ3v) is 4.06. The SMILES string of the molecule is Cc1ccnc(NC(=O)CCNC(=O)Cn2ccc3ccccc3c2=O)c1. The summed E-state index contributed by atoms with van der Waals surface area (Å²) < 4.78 is 1.36. The van der Waals surface area contributed by atoms with Crippen molar-refractivity contribution in [3.63, 3.8) is 0 Å². The number of carbonyl (C=O) groups excluding carboxylic acids is 2. The number of aryl methyl sites for hydroxylation is 1. The average Bonchev–Trinajstić information content (AvgIpc) is 2.64. The standard InChI is InChI=1S/C20H20N4O3/c1-14-6-9-21-17(12-14)23-18(25)7-10-22-19(26)13-24-11-8-15-4-2-3-5-16(15)20(24)27/h2-6,8-9,11-12H,7,10,13H2,1H3,(H,22,26)(H,21,23,25). The Labute approximate surface area is 156 Å². The molecule has 0 atom stereocenters. The number of hydrogen-bond acceptors (Lipinski definition) is 4. The van der Waals surface area contributed by atoms with Crippen molar-refractivity contribution in [2.45, 2.75) is 19.9 Å². The number of benzene rings is 1. The Morgan fingerprint density at radius 1 is 1.11 bits per heavy atom. The molecule has 0 bridgehead atoms. The third kappa shape index (κ3) is 4.78. The molecule has 7 nitrogen and oxygen atoms in total. The number of anilines is 1. The zero-order chi connectivity index (χ0) is 19.2. The lowest BCUT2D eigenvalue weighted by atomic mass is 10.2. The maximum Gasteiger partial charge on any atom is 0.258 e. The first-order valence-electron chi connectivity index (χ1n) is 8.60. The highest BCUT2D eigenvalue weighted by Gasteiger charge is 2.08. The molecular weight excluding hydrogens is 344 g/mol. The van der Waals surface area contributed by atoms with Crippen molar-refractivity contribution in [1.29, 1.82) is 0 Å². The molecule has 0 aliphatic carbocycles. The van der Waals surface area contributed by atoms with Crippen LogP contribution in [0.2, 0.25) is 0 Å². The quantitative estimate of drug-likeness (QED) is 0.698. The second kappa shape index (κ2) is 8.27. The second-order valence-electron chi connectivity index (χ2n) is 6.20. The number of rotatable bonds is 6. The van der Waals surface area contributed by atoms with Crippen LogP contribution < -0.4 is 16.2 Å². The molecule has 2 amide bonds. The lowest BCUT2D eigenvalue weighted by molar-refractivity contribution is -0.121. The lowest BCUT2D eigenvalue weighted by Crippen LogP contribution is -2.33.